The molecule has 1 atom stereocenters. The lowest BCUT2D eigenvalue weighted by Crippen LogP contribution is -2.30. The van der Waals surface area contributed by atoms with E-state index < -0.39 is 0 Å². The Labute approximate surface area is 156 Å². The molecule has 0 spiro atoms. The molecule has 1 unspecified atom stereocenters. The van der Waals surface area contributed by atoms with Crippen molar-refractivity contribution in [3.05, 3.63) is 76.5 Å². The van der Waals surface area contributed by atoms with Crippen molar-refractivity contribution in [2.24, 2.45) is 0 Å². The number of benzene rings is 1. The van der Waals surface area contributed by atoms with Crippen molar-refractivity contribution < 1.29 is 4.79 Å². The number of anilines is 1. The molecule has 0 radical (unpaired) electrons. The molecule has 1 aromatic carbocycles. The van der Waals surface area contributed by atoms with Gasteiger partial charge in [0.05, 0.1) is 0 Å². The molecule has 1 amide bonds. The minimum Gasteiger partial charge on any atom is -0.371 e. The highest BCUT2D eigenvalue weighted by Crippen LogP contribution is 2.25. The molecule has 1 saturated heterocycles. The zero-order valence-corrected chi connectivity index (χ0v) is 15.2. The fourth-order valence-corrected chi connectivity index (χ4v) is 3.94. The van der Waals surface area contributed by atoms with E-state index >= 15 is 0 Å². The Kier molecular flexibility index (Phi) is 4.93. The van der Waals surface area contributed by atoms with E-state index in [9.17, 15) is 4.79 Å². The first-order valence-electron chi connectivity index (χ1n) is 8.77. The maximum Gasteiger partial charge on any atom is 0.270 e. The van der Waals surface area contributed by atoms with Crippen LogP contribution in [-0.2, 0) is 0 Å². The summed E-state index contributed by atoms with van der Waals surface area (Å²) in [4.78, 5) is 23.9. The number of nitrogens with zero attached hydrogens (tertiary/aromatic N) is 3. The first kappa shape index (κ1) is 16.7. The maximum absolute atomic E-state index is 12.9. The van der Waals surface area contributed by atoms with Gasteiger partial charge < -0.3 is 10.2 Å². The highest BCUT2D eigenvalue weighted by molar-refractivity contribution is 7.09. The molecule has 1 aliphatic rings. The summed E-state index contributed by atoms with van der Waals surface area (Å²) < 4.78 is 0. The van der Waals surface area contributed by atoms with Gasteiger partial charge in [-0.3, -0.25) is 9.78 Å². The minimum atomic E-state index is -0.277. The summed E-state index contributed by atoms with van der Waals surface area (Å²) in [6, 6.07) is 13.5. The number of rotatable bonds is 5. The molecule has 1 aliphatic heterocycles. The zero-order chi connectivity index (χ0) is 17.8. The van der Waals surface area contributed by atoms with Crippen molar-refractivity contribution in [2.75, 3.05) is 18.0 Å². The van der Waals surface area contributed by atoms with E-state index in [1.165, 1.54) is 24.2 Å². The highest BCUT2D eigenvalue weighted by Gasteiger charge is 2.21. The van der Waals surface area contributed by atoms with Crippen LogP contribution in [-0.4, -0.2) is 29.0 Å². The molecule has 6 heteroatoms. The van der Waals surface area contributed by atoms with Crippen LogP contribution in [0.15, 0.2) is 60.2 Å². The van der Waals surface area contributed by atoms with Crippen LogP contribution in [0.3, 0.4) is 0 Å². The van der Waals surface area contributed by atoms with Gasteiger partial charge >= 0.3 is 0 Å². The predicted octanol–water partition coefficient (Wildman–Crippen LogP) is 3.66. The van der Waals surface area contributed by atoms with E-state index in [1.807, 2.05) is 47.8 Å². The monoisotopic (exact) mass is 364 g/mol. The van der Waals surface area contributed by atoms with Crippen molar-refractivity contribution in [2.45, 2.75) is 18.9 Å². The largest absolute Gasteiger partial charge is 0.371 e. The molecule has 3 heterocycles. The van der Waals surface area contributed by atoms with E-state index in [0.717, 1.165) is 29.3 Å². The smallest absolute Gasteiger partial charge is 0.270 e. The van der Waals surface area contributed by atoms with Gasteiger partial charge in [-0.2, -0.15) is 0 Å². The lowest BCUT2D eigenvalue weighted by Gasteiger charge is -2.19. The van der Waals surface area contributed by atoms with Gasteiger partial charge in [-0.15, -0.1) is 11.3 Å². The van der Waals surface area contributed by atoms with E-state index in [1.54, 1.807) is 12.4 Å². The van der Waals surface area contributed by atoms with Crippen LogP contribution in [0.5, 0.6) is 0 Å². The number of amides is 1. The van der Waals surface area contributed by atoms with Crippen LogP contribution < -0.4 is 10.2 Å². The van der Waals surface area contributed by atoms with Crippen molar-refractivity contribution in [3.63, 3.8) is 0 Å². The van der Waals surface area contributed by atoms with Gasteiger partial charge in [0, 0.05) is 36.6 Å². The minimum absolute atomic E-state index is 0.185. The number of carbonyl (C=O) groups is 1. The molecular formula is C20H20N4OS. The molecule has 0 bridgehead atoms. The van der Waals surface area contributed by atoms with E-state index in [2.05, 4.69) is 20.2 Å². The number of aromatic nitrogens is 2. The third-order valence-electron chi connectivity index (χ3n) is 4.55. The second-order valence-electron chi connectivity index (χ2n) is 6.28. The lowest BCUT2D eigenvalue weighted by molar-refractivity contribution is 0.0938. The molecule has 2 aromatic heterocycles. The summed E-state index contributed by atoms with van der Waals surface area (Å²) in [6.07, 6.45) is 5.87. The Morgan fingerprint density at radius 3 is 2.62 bits per heavy atom. The summed E-state index contributed by atoms with van der Waals surface area (Å²) in [5, 5.41) is 5.88. The van der Waals surface area contributed by atoms with E-state index in [0.29, 0.717) is 5.69 Å². The number of thiazole rings is 1. The molecule has 0 aliphatic carbocycles. The molecule has 26 heavy (non-hydrogen) atoms. The summed E-state index contributed by atoms with van der Waals surface area (Å²) in [5.41, 5.74) is 2.51. The van der Waals surface area contributed by atoms with Gasteiger partial charge in [-0.25, -0.2) is 4.98 Å². The molecule has 132 valence electrons. The first-order chi connectivity index (χ1) is 12.8. The number of hydrogen-bond acceptors (Lipinski definition) is 5. The fraction of sp³-hybridized carbons (Fsp3) is 0.250. The fourth-order valence-electron chi connectivity index (χ4n) is 3.23. The second kappa shape index (κ2) is 7.66. The van der Waals surface area contributed by atoms with Gasteiger partial charge in [-0.05, 0) is 30.5 Å². The number of carbonyl (C=O) groups excluding carboxylic acids is 1. The van der Waals surface area contributed by atoms with E-state index in [4.69, 9.17) is 0 Å². The summed E-state index contributed by atoms with van der Waals surface area (Å²) in [7, 11) is 0. The number of nitrogens with one attached hydrogen (secondary N) is 1. The molecule has 3 aromatic rings. The first-order valence-corrected chi connectivity index (χ1v) is 9.65. The third-order valence-corrected chi connectivity index (χ3v) is 5.39. The highest BCUT2D eigenvalue weighted by atomic mass is 32.1. The average molecular weight is 364 g/mol. The Morgan fingerprint density at radius 1 is 1.08 bits per heavy atom. The lowest BCUT2D eigenvalue weighted by atomic mass is 10.1. The Bertz CT molecular complexity index is 861. The van der Waals surface area contributed by atoms with Gasteiger partial charge in [-0.1, -0.05) is 30.3 Å². The topological polar surface area (TPSA) is 58.1 Å². The van der Waals surface area contributed by atoms with Crippen LogP contribution in [0.25, 0.3) is 0 Å². The van der Waals surface area contributed by atoms with Crippen LogP contribution in [0.4, 0.5) is 5.69 Å². The van der Waals surface area contributed by atoms with Crippen LogP contribution in [0.2, 0.25) is 0 Å². The van der Waals surface area contributed by atoms with Gasteiger partial charge in [0.15, 0.2) is 0 Å². The van der Waals surface area contributed by atoms with Crippen molar-refractivity contribution in [1.82, 2.24) is 15.3 Å². The standard InChI is InChI=1S/C20H20N4OS/c25-19(17-14-16(8-9-21-17)24-11-4-5-12-24)23-18(20-22-10-13-26-20)15-6-2-1-3-7-15/h1-3,6-10,13-14,18H,4-5,11-12H2,(H,23,25). The number of hydrogen-bond donors (Lipinski definition) is 1. The van der Waals surface area contributed by atoms with Crippen LogP contribution in [0.1, 0.15) is 39.9 Å². The molecule has 5 nitrogen and oxygen atoms in total. The molecule has 0 saturated carbocycles. The predicted molar refractivity (Wildman–Crippen MR) is 104 cm³/mol. The molecule has 1 fully saturated rings. The van der Waals surface area contributed by atoms with Gasteiger partial charge in [0.25, 0.3) is 5.91 Å². The molecular weight excluding hydrogens is 344 g/mol. The van der Waals surface area contributed by atoms with Crippen molar-refractivity contribution >= 4 is 22.9 Å². The third kappa shape index (κ3) is 3.60. The summed E-state index contributed by atoms with van der Waals surface area (Å²) >= 11 is 1.53. The van der Waals surface area contributed by atoms with E-state index in [-0.39, 0.29) is 11.9 Å². The van der Waals surface area contributed by atoms with Crippen molar-refractivity contribution in [1.29, 1.82) is 0 Å². The Hall–Kier alpha value is -2.73. The zero-order valence-electron chi connectivity index (χ0n) is 14.3. The van der Waals surface area contributed by atoms with Crippen LogP contribution >= 0.6 is 11.3 Å². The SMILES string of the molecule is O=C(NC(c1ccccc1)c1nccs1)c1cc(N2CCCC2)ccn1. The molecule has 1 N–H and O–H groups in total. The summed E-state index contributed by atoms with van der Waals surface area (Å²) in [5.74, 6) is -0.185. The average Bonchev–Trinajstić information content (AvgIpc) is 3.40. The van der Waals surface area contributed by atoms with Gasteiger partial charge in [0.2, 0.25) is 0 Å². The second-order valence-corrected chi connectivity index (χ2v) is 7.21. The Morgan fingerprint density at radius 2 is 1.88 bits per heavy atom. The van der Waals surface area contributed by atoms with Gasteiger partial charge in [0.1, 0.15) is 16.7 Å². The summed E-state index contributed by atoms with van der Waals surface area (Å²) in [6.45, 7) is 2.08. The maximum atomic E-state index is 12.9. The van der Waals surface area contributed by atoms with Crippen molar-refractivity contribution in [3.8, 4) is 0 Å². The normalized spacial score (nSPS) is 15.0. The number of pyridine rings is 1. The Balaban J connectivity index is 1.58. The quantitative estimate of drug-likeness (QED) is 0.751. The van der Waals surface area contributed by atoms with Crippen LogP contribution in [0, 0.1) is 0 Å². The molecule has 4 rings (SSSR count).